The maximum Gasteiger partial charge on any atom is 0.125 e. The molecule has 0 aliphatic heterocycles. The Kier molecular flexibility index (Phi) is 2.60. The number of aryl methyl sites for hydroxylation is 1. The molecule has 2 nitrogen and oxygen atoms in total. The molecular formula is C13H14O2. The van der Waals surface area contributed by atoms with Gasteiger partial charge in [0.25, 0.3) is 0 Å². The number of methoxy groups -OCH3 is 1. The Labute approximate surface area is 89.1 Å². The molecule has 1 N–H and O–H groups in total. The molecule has 0 atom stereocenters. The fourth-order valence-corrected chi connectivity index (χ4v) is 1.76. The Morgan fingerprint density at radius 1 is 1.13 bits per heavy atom. The second kappa shape index (κ2) is 3.91. The molecule has 0 radical (unpaired) electrons. The van der Waals surface area contributed by atoms with Crippen LogP contribution in [0.3, 0.4) is 0 Å². The summed E-state index contributed by atoms with van der Waals surface area (Å²) >= 11 is 0. The molecule has 15 heavy (non-hydrogen) atoms. The number of hydrogen-bond acceptors (Lipinski definition) is 2. The summed E-state index contributed by atoms with van der Waals surface area (Å²) in [5, 5.41) is 11.5. The van der Waals surface area contributed by atoms with E-state index in [4.69, 9.17) is 4.74 Å². The summed E-state index contributed by atoms with van der Waals surface area (Å²) in [6.07, 6.45) is 0. The zero-order valence-corrected chi connectivity index (χ0v) is 8.95. The lowest BCUT2D eigenvalue weighted by atomic mass is 10.0. The lowest BCUT2D eigenvalue weighted by molar-refractivity contribution is 0.274. The molecule has 0 heterocycles. The maximum atomic E-state index is 9.20. The van der Waals surface area contributed by atoms with E-state index >= 15 is 0 Å². The maximum absolute atomic E-state index is 9.20. The van der Waals surface area contributed by atoms with Gasteiger partial charge in [-0.1, -0.05) is 23.8 Å². The van der Waals surface area contributed by atoms with Crippen LogP contribution in [-0.2, 0) is 6.61 Å². The van der Waals surface area contributed by atoms with E-state index in [-0.39, 0.29) is 6.61 Å². The van der Waals surface area contributed by atoms with Gasteiger partial charge in [0.1, 0.15) is 5.75 Å². The van der Waals surface area contributed by atoms with Crippen LogP contribution in [0.2, 0.25) is 0 Å². The zero-order valence-electron chi connectivity index (χ0n) is 8.95. The van der Waals surface area contributed by atoms with Crippen LogP contribution in [0.25, 0.3) is 10.8 Å². The van der Waals surface area contributed by atoms with E-state index in [1.54, 1.807) is 7.11 Å². The van der Waals surface area contributed by atoms with Crippen LogP contribution in [0.5, 0.6) is 5.75 Å². The summed E-state index contributed by atoms with van der Waals surface area (Å²) in [5.41, 5.74) is 2.05. The quantitative estimate of drug-likeness (QED) is 0.811. The number of ether oxygens (including phenoxy) is 1. The van der Waals surface area contributed by atoms with Crippen LogP contribution < -0.4 is 4.74 Å². The molecule has 0 unspecified atom stereocenters. The fraction of sp³-hybridized carbons (Fsp3) is 0.231. The van der Waals surface area contributed by atoms with Gasteiger partial charge in [0.05, 0.1) is 13.7 Å². The van der Waals surface area contributed by atoms with E-state index in [0.29, 0.717) is 0 Å². The van der Waals surface area contributed by atoms with Crippen LogP contribution in [0, 0.1) is 6.92 Å². The predicted molar refractivity (Wildman–Crippen MR) is 61.2 cm³/mol. The summed E-state index contributed by atoms with van der Waals surface area (Å²) < 4.78 is 5.21. The van der Waals surface area contributed by atoms with E-state index in [1.165, 1.54) is 5.56 Å². The van der Waals surface area contributed by atoms with Gasteiger partial charge in [0, 0.05) is 5.56 Å². The molecule has 0 saturated heterocycles. The molecular weight excluding hydrogens is 188 g/mol. The van der Waals surface area contributed by atoms with Crippen molar-refractivity contribution in [2.75, 3.05) is 7.11 Å². The largest absolute Gasteiger partial charge is 0.496 e. The topological polar surface area (TPSA) is 29.5 Å². The first-order valence-electron chi connectivity index (χ1n) is 4.92. The minimum absolute atomic E-state index is 0.00700. The number of aliphatic hydroxyl groups excluding tert-OH is 1. The minimum atomic E-state index is 0.00700. The van der Waals surface area contributed by atoms with Crippen molar-refractivity contribution in [3.8, 4) is 5.75 Å². The lowest BCUT2D eigenvalue weighted by Gasteiger charge is -2.08. The Hall–Kier alpha value is -1.54. The van der Waals surface area contributed by atoms with Gasteiger partial charge in [-0.2, -0.15) is 0 Å². The van der Waals surface area contributed by atoms with Gasteiger partial charge in [0.2, 0.25) is 0 Å². The van der Waals surface area contributed by atoms with Crippen molar-refractivity contribution in [1.82, 2.24) is 0 Å². The molecule has 2 heteroatoms. The van der Waals surface area contributed by atoms with Crippen molar-refractivity contribution < 1.29 is 9.84 Å². The van der Waals surface area contributed by atoms with Crippen LogP contribution in [0.1, 0.15) is 11.1 Å². The standard InChI is InChI=1S/C13H14O2/c1-9-3-4-10-7-13(15-2)12(8-14)6-11(10)5-9/h3-7,14H,8H2,1-2H3. The Morgan fingerprint density at radius 2 is 1.93 bits per heavy atom. The van der Waals surface area contributed by atoms with Crippen LogP contribution in [0.4, 0.5) is 0 Å². The van der Waals surface area contributed by atoms with Gasteiger partial charge < -0.3 is 9.84 Å². The van der Waals surface area contributed by atoms with Crippen LogP contribution in [-0.4, -0.2) is 12.2 Å². The van der Waals surface area contributed by atoms with Crippen molar-refractivity contribution in [2.45, 2.75) is 13.5 Å². The zero-order chi connectivity index (χ0) is 10.8. The van der Waals surface area contributed by atoms with Crippen LogP contribution in [0.15, 0.2) is 30.3 Å². The SMILES string of the molecule is COc1cc2ccc(C)cc2cc1CO. The second-order valence-corrected chi connectivity index (χ2v) is 3.67. The second-order valence-electron chi connectivity index (χ2n) is 3.67. The van der Waals surface area contributed by atoms with Crippen molar-refractivity contribution in [3.05, 3.63) is 41.5 Å². The molecule has 78 valence electrons. The van der Waals surface area contributed by atoms with Crippen molar-refractivity contribution in [1.29, 1.82) is 0 Å². The number of benzene rings is 2. The normalized spacial score (nSPS) is 10.6. The first-order chi connectivity index (χ1) is 7.24. The third kappa shape index (κ3) is 1.81. The summed E-state index contributed by atoms with van der Waals surface area (Å²) in [6, 6.07) is 10.2. The van der Waals surface area contributed by atoms with Crippen molar-refractivity contribution in [2.24, 2.45) is 0 Å². The van der Waals surface area contributed by atoms with Gasteiger partial charge in [-0.25, -0.2) is 0 Å². The first kappa shape index (κ1) is 9.99. The average Bonchev–Trinajstić information content (AvgIpc) is 2.27. The molecule has 2 aromatic rings. The Morgan fingerprint density at radius 3 is 2.60 bits per heavy atom. The van der Waals surface area contributed by atoms with Gasteiger partial charge in [0.15, 0.2) is 0 Å². The highest BCUT2D eigenvalue weighted by Gasteiger charge is 2.04. The van der Waals surface area contributed by atoms with Crippen molar-refractivity contribution >= 4 is 10.8 Å². The Bertz CT molecular complexity index is 489. The predicted octanol–water partition coefficient (Wildman–Crippen LogP) is 2.65. The summed E-state index contributed by atoms with van der Waals surface area (Å²) in [6.45, 7) is 2.06. The summed E-state index contributed by atoms with van der Waals surface area (Å²) in [4.78, 5) is 0. The molecule has 0 aromatic heterocycles. The van der Waals surface area contributed by atoms with E-state index in [9.17, 15) is 5.11 Å². The molecule has 0 aliphatic carbocycles. The van der Waals surface area contributed by atoms with Crippen LogP contribution >= 0.6 is 0 Å². The summed E-state index contributed by atoms with van der Waals surface area (Å²) in [5.74, 6) is 0.744. The highest BCUT2D eigenvalue weighted by Crippen LogP contribution is 2.26. The molecule has 0 aliphatic rings. The first-order valence-corrected chi connectivity index (χ1v) is 4.92. The third-order valence-corrected chi connectivity index (χ3v) is 2.57. The van der Waals surface area contributed by atoms with Gasteiger partial charge >= 0.3 is 0 Å². The monoisotopic (exact) mass is 202 g/mol. The molecule has 0 spiro atoms. The van der Waals surface area contributed by atoms with Gasteiger partial charge in [-0.15, -0.1) is 0 Å². The highest BCUT2D eigenvalue weighted by molar-refractivity contribution is 5.85. The molecule has 2 aromatic carbocycles. The Balaban J connectivity index is 2.69. The van der Waals surface area contributed by atoms with Crippen molar-refractivity contribution in [3.63, 3.8) is 0 Å². The minimum Gasteiger partial charge on any atom is -0.496 e. The highest BCUT2D eigenvalue weighted by atomic mass is 16.5. The fourth-order valence-electron chi connectivity index (χ4n) is 1.76. The smallest absolute Gasteiger partial charge is 0.125 e. The summed E-state index contributed by atoms with van der Waals surface area (Å²) in [7, 11) is 1.62. The molecule has 0 bridgehead atoms. The van der Waals surface area contributed by atoms with E-state index in [1.807, 2.05) is 12.1 Å². The third-order valence-electron chi connectivity index (χ3n) is 2.57. The molecule has 0 saturated carbocycles. The van der Waals surface area contributed by atoms with E-state index < -0.39 is 0 Å². The number of fused-ring (bicyclic) bond motifs is 1. The number of rotatable bonds is 2. The number of aliphatic hydroxyl groups is 1. The number of hydrogen-bond donors (Lipinski definition) is 1. The van der Waals surface area contributed by atoms with E-state index in [2.05, 4.69) is 25.1 Å². The molecule has 2 rings (SSSR count). The van der Waals surface area contributed by atoms with Gasteiger partial charge in [-0.05, 0) is 29.8 Å². The van der Waals surface area contributed by atoms with E-state index in [0.717, 1.165) is 22.1 Å². The lowest BCUT2D eigenvalue weighted by Crippen LogP contribution is -1.92. The average molecular weight is 202 g/mol. The molecule has 0 fully saturated rings. The molecule has 0 amide bonds. The van der Waals surface area contributed by atoms with Gasteiger partial charge in [-0.3, -0.25) is 0 Å².